The van der Waals surface area contributed by atoms with Gasteiger partial charge in [0.1, 0.15) is 18.8 Å². The van der Waals surface area contributed by atoms with Crippen LogP contribution in [0.1, 0.15) is 64.3 Å². The van der Waals surface area contributed by atoms with E-state index in [2.05, 4.69) is 26.1 Å². The highest BCUT2D eigenvalue weighted by molar-refractivity contribution is 7.14. The number of rotatable bonds is 17. The van der Waals surface area contributed by atoms with E-state index in [-0.39, 0.29) is 36.0 Å². The Balaban J connectivity index is 1.84. The third-order valence-electron chi connectivity index (χ3n) is 8.08. The van der Waals surface area contributed by atoms with Gasteiger partial charge < -0.3 is 30.4 Å². The van der Waals surface area contributed by atoms with Gasteiger partial charge in [-0.05, 0) is 42.7 Å². The number of aromatic nitrogens is 1. The highest BCUT2D eigenvalue weighted by Gasteiger charge is 2.45. The second-order valence-electron chi connectivity index (χ2n) is 12.7. The van der Waals surface area contributed by atoms with Crippen LogP contribution >= 0.6 is 11.3 Å². The van der Waals surface area contributed by atoms with Gasteiger partial charge in [-0.2, -0.15) is 13.2 Å². The van der Waals surface area contributed by atoms with Crippen LogP contribution in [0.3, 0.4) is 0 Å². The number of carbonyl (C=O) groups excluding carboxylic acids is 6. The zero-order valence-electron chi connectivity index (χ0n) is 29.7. The lowest BCUT2D eigenvalue weighted by Gasteiger charge is -2.34. The molecule has 0 radical (unpaired) electrons. The van der Waals surface area contributed by atoms with Gasteiger partial charge in [0, 0.05) is 17.8 Å². The van der Waals surface area contributed by atoms with Crippen molar-refractivity contribution < 1.29 is 51.5 Å². The fraction of sp³-hybridized carbons (Fsp3) is 0.529. The molecule has 0 bridgehead atoms. The smallest absolute Gasteiger partial charge is 0.452 e. The summed E-state index contributed by atoms with van der Waals surface area (Å²) in [6.07, 6.45) is -4.81. The molecule has 3 N–H and O–H groups in total. The number of Topliss-reactive ketones (excluding diaryl/α,β-unsaturated/α-hetero) is 1. The maximum atomic E-state index is 14.3. The quantitative estimate of drug-likeness (QED) is 0.124. The molecule has 52 heavy (non-hydrogen) atoms. The number of ketones is 1. The Morgan fingerprint density at radius 3 is 2.12 bits per heavy atom. The van der Waals surface area contributed by atoms with Gasteiger partial charge in [-0.1, -0.05) is 57.1 Å². The van der Waals surface area contributed by atoms with Gasteiger partial charge in [-0.25, -0.2) is 4.98 Å². The van der Waals surface area contributed by atoms with Crippen molar-refractivity contribution >= 4 is 57.6 Å². The van der Waals surface area contributed by atoms with Crippen LogP contribution in [-0.2, 0) is 51.2 Å². The van der Waals surface area contributed by atoms with E-state index in [1.807, 2.05) is 24.3 Å². The molecule has 0 aliphatic heterocycles. The molecule has 0 saturated heterocycles. The van der Waals surface area contributed by atoms with Crippen LogP contribution in [0.15, 0.2) is 34.8 Å². The predicted molar refractivity (Wildman–Crippen MR) is 184 cm³/mol. The van der Waals surface area contributed by atoms with E-state index < -0.39 is 78.1 Å². The number of carbonyl (C=O) groups is 6. The molecular formula is C34H43F3N6O8S. The molecule has 4 amide bonds. The van der Waals surface area contributed by atoms with Crippen LogP contribution in [0.5, 0.6) is 0 Å². The topological polar surface area (TPSA) is 185 Å². The molecule has 18 heteroatoms. The molecule has 0 spiro atoms. The summed E-state index contributed by atoms with van der Waals surface area (Å²) < 4.78 is 44.8. The molecular weight excluding hydrogens is 709 g/mol. The number of nitrogens with one attached hydrogen (secondary N) is 3. The van der Waals surface area contributed by atoms with Gasteiger partial charge in [0.25, 0.3) is 11.7 Å². The van der Waals surface area contributed by atoms with E-state index in [1.165, 1.54) is 31.2 Å². The number of amides is 4. The van der Waals surface area contributed by atoms with Gasteiger partial charge in [-0.15, -0.1) is 11.3 Å². The number of halogens is 3. The molecule has 1 unspecified atom stereocenters. The normalized spacial score (nSPS) is 14.3. The van der Waals surface area contributed by atoms with E-state index in [9.17, 15) is 41.9 Å². The van der Waals surface area contributed by atoms with Crippen LogP contribution in [0.4, 0.5) is 18.3 Å². The van der Waals surface area contributed by atoms with Crippen LogP contribution in [0, 0.1) is 11.8 Å². The summed E-state index contributed by atoms with van der Waals surface area (Å²) in [6.45, 7) is 7.17. The lowest BCUT2D eigenvalue weighted by molar-refractivity contribution is -0.175. The molecule has 284 valence electrons. The number of fused-ring (bicyclic) bond motifs is 1. The minimum atomic E-state index is -5.19. The molecule has 1 aliphatic carbocycles. The lowest BCUT2D eigenvalue weighted by Crippen LogP contribution is -2.58. The molecule has 3 rings (SSSR count). The van der Waals surface area contributed by atoms with E-state index in [0.29, 0.717) is 12.8 Å². The Labute approximate surface area is 302 Å². The number of ether oxygens (including phenoxy) is 1. The first-order chi connectivity index (χ1) is 24.5. The largest absolute Gasteiger partial charge is 0.466 e. The van der Waals surface area contributed by atoms with Crippen molar-refractivity contribution in [2.24, 2.45) is 17.0 Å². The fourth-order valence-electron chi connectivity index (χ4n) is 5.50. The molecule has 0 fully saturated rings. The number of thiazole rings is 1. The van der Waals surface area contributed by atoms with Crippen molar-refractivity contribution in [1.82, 2.24) is 20.5 Å². The number of oxime groups is 1. The van der Waals surface area contributed by atoms with Crippen LogP contribution < -0.4 is 16.0 Å². The van der Waals surface area contributed by atoms with Gasteiger partial charge in [0.2, 0.25) is 17.7 Å². The van der Waals surface area contributed by atoms with Gasteiger partial charge >= 0.3 is 12.1 Å². The summed E-state index contributed by atoms with van der Waals surface area (Å²) in [5.74, 6) is -7.17. The molecule has 1 heterocycles. The van der Waals surface area contributed by atoms with Crippen molar-refractivity contribution in [1.29, 1.82) is 0 Å². The van der Waals surface area contributed by atoms with E-state index >= 15 is 0 Å². The first-order valence-electron chi connectivity index (χ1n) is 16.6. The first kappa shape index (κ1) is 41.5. The minimum absolute atomic E-state index is 0.00321. The van der Waals surface area contributed by atoms with E-state index in [1.54, 1.807) is 20.8 Å². The average molecular weight is 753 g/mol. The number of anilines is 1. The molecule has 2 atom stereocenters. The Bertz CT molecular complexity index is 1640. The fourth-order valence-corrected chi connectivity index (χ4v) is 6.21. The van der Waals surface area contributed by atoms with Gasteiger partial charge in [0.05, 0.1) is 25.6 Å². The molecule has 1 aliphatic rings. The van der Waals surface area contributed by atoms with E-state index in [0.717, 1.165) is 22.5 Å². The number of nitrogens with zero attached hydrogens (tertiary/aromatic N) is 3. The zero-order chi connectivity index (χ0) is 38.7. The average Bonchev–Trinajstić information content (AvgIpc) is 3.72. The molecule has 2 aromatic rings. The number of hydrogen-bond donors (Lipinski definition) is 3. The predicted octanol–water partition coefficient (Wildman–Crippen LogP) is 3.18. The highest BCUT2D eigenvalue weighted by atomic mass is 32.1. The Kier molecular flexibility index (Phi) is 14.8. The second kappa shape index (κ2) is 18.6. The Morgan fingerprint density at radius 2 is 1.58 bits per heavy atom. The molecule has 1 aromatic heterocycles. The number of benzene rings is 1. The lowest BCUT2D eigenvalue weighted by atomic mass is 9.99. The van der Waals surface area contributed by atoms with Gasteiger partial charge in [0.15, 0.2) is 10.8 Å². The van der Waals surface area contributed by atoms with Gasteiger partial charge in [-0.3, -0.25) is 28.8 Å². The minimum Gasteiger partial charge on any atom is -0.466 e. The Hall–Kier alpha value is -4.87. The van der Waals surface area contributed by atoms with Crippen molar-refractivity contribution in [3.8, 4) is 0 Å². The summed E-state index contributed by atoms with van der Waals surface area (Å²) in [5, 5.41) is 12.6. The van der Waals surface area contributed by atoms with Crippen LogP contribution in [-0.4, -0.2) is 95.5 Å². The highest BCUT2D eigenvalue weighted by Crippen LogP contribution is 2.27. The SMILES string of the molecule is CCOC(=O)CCC(=O)Nc1nc(/C(=N\OC)C(=O)N[C@H](C(=O)N(CC(=O)NC(C(=O)C(F)(F)F)C(C)C)C2Cc3ccccc3C2)C(C)C)cs1. The van der Waals surface area contributed by atoms with Crippen molar-refractivity contribution in [3.63, 3.8) is 0 Å². The Morgan fingerprint density at radius 1 is 0.962 bits per heavy atom. The van der Waals surface area contributed by atoms with Crippen molar-refractivity contribution in [3.05, 3.63) is 46.5 Å². The summed E-state index contributed by atoms with van der Waals surface area (Å²) in [5.41, 5.74) is 1.50. The zero-order valence-corrected chi connectivity index (χ0v) is 30.5. The maximum absolute atomic E-state index is 14.3. The summed E-state index contributed by atoms with van der Waals surface area (Å²) in [7, 11) is 1.19. The summed E-state index contributed by atoms with van der Waals surface area (Å²) in [4.78, 5) is 87.6. The number of esters is 1. The molecule has 0 saturated carbocycles. The molecule has 1 aromatic carbocycles. The number of hydrogen-bond acceptors (Lipinski definition) is 11. The monoisotopic (exact) mass is 752 g/mol. The first-order valence-corrected chi connectivity index (χ1v) is 17.5. The summed E-state index contributed by atoms with van der Waals surface area (Å²) in [6, 6.07) is 3.66. The summed E-state index contributed by atoms with van der Waals surface area (Å²) >= 11 is 0.969. The maximum Gasteiger partial charge on any atom is 0.452 e. The third kappa shape index (κ3) is 11.3. The standard InChI is InChI=1S/C34H43F3N6O8S/c1-7-51-26(46)13-12-24(44)40-33-38-23(17-52-33)29(42-50-6)31(48)41-28(19(4)5)32(49)43(22-14-20-10-8-9-11-21(20)15-22)16-25(45)39-27(18(2)3)30(47)34(35,36)37/h8-11,17-19,22,27-28H,7,12-16H2,1-6H3,(H,39,45)(H,41,48)(H,38,40,44)/b42-29+/t27?,28-/m0/s1. The number of alkyl halides is 3. The molecule has 14 nitrogen and oxygen atoms in total. The van der Waals surface area contributed by atoms with Crippen molar-refractivity contribution in [2.75, 3.05) is 25.6 Å². The van der Waals surface area contributed by atoms with Crippen LogP contribution in [0.25, 0.3) is 0 Å². The third-order valence-corrected chi connectivity index (χ3v) is 8.84. The van der Waals surface area contributed by atoms with E-state index in [4.69, 9.17) is 9.57 Å². The van der Waals surface area contributed by atoms with Crippen LogP contribution in [0.2, 0.25) is 0 Å². The van der Waals surface area contributed by atoms with Crippen molar-refractivity contribution in [2.45, 2.75) is 84.6 Å². The second-order valence-corrected chi connectivity index (χ2v) is 13.5.